The monoisotopic (exact) mass is 318 g/mol. The zero-order valence-electron chi connectivity index (χ0n) is 16.2. The van der Waals surface area contributed by atoms with E-state index in [0.717, 1.165) is 31.4 Å². The summed E-state index contributed by atoms with van der Waals surface area (Å²) in [4.78, 5) is 0. The molecule has 3 rings (SSSR count). The van der Waals surface area contributed by atoms with E-state index in [9.17, 15) is 8.78 Å². The second-order valence-corrected chi connectivity index (χ2v) is 6.55. The SMILES string of the molecule is [2H]C1CC2CC(C=CC)CCC2C([2H])([2H])C1c1cc(F)c(C#N)c(F)c1. The molecule has 5 atom stereocenters. The van der Waals surface area contributed by atoms with Gasteiger partial charge >= 0.3 is 0 Å². The van der Waals surface area contributed by atoms with Crippen molar-refractivity contribution in [3.63, 3.8) is 0 Å². The minimum Gasteiger partial charge on any atom is -0.205 e. The maximum atomic E-state index is 14.1. The molecule has 2 aliphatic rings. The van der Waals surface area contributed by atoms with Crippen molar-refractivity contribution in [3.8, 4) is 6.07 Å². The van der Waals surface area contributed by atoms with E-state index in [2.05, 4.69) is 6.08 Å². The zero-order valence-corrected chi connectivity index (χ0v) is 13.2. The Kier molecular flexibility index (Phi) is 3.77. The fourth-order valence-electron chi connectivity index (χ4n) is 3.95. The van der Waals surface area contributed by atoms with Gasteiger partial charge in [-0.2, -0.15) is 5.26 Å². The topological polar surface area (TPSA) is 23.8 Å². The van der Waals surface area contributed by atoms with Gasteiger partial charge in [0.15, 0.2) is 0 Å². The summed E-state index contributed by atoms with van der Waals surface area (Å²) in [5, 5.41) is 8.83. The number of nitrogens with zero attached hydrogens (tertiary/aromatic N) is 1. The third kappa shape index (κ3) is 3.32. The van der Waals surface area contributed by atoms with E-state index >= 15 is 0 Å². The van der Waals surface area contributed by atoms with E-state index in [1.807, 2.05) is 13.0 Å². The second kappa shape index (κ2) is 6.83. The Bertz CT molecular complexity index is 733. The van der Waals surface area contributed by atoms with Crippen LogP contribution in [0, 0.1) is 40.7 Å². The second-order valence-electron chi connectivity index (χ2n) is 6.55. The Morgan fingerprint density at radius 3 is 2.61 bits per heavy atom. The van der Waals surface area contributed by atoms with Gasteiger partial charge in [0, 0.05) is 4.11 Å². The Balaban J connectivity index is 1.94. The van der Waals surface area contributed by atoms with Crippen LogP contribution in [0.4, 0.5) is 8.78 Å². The van der Waals surface area contributed by atoms with E-state index in [1.165, 1.54) is 6.07 Å². The molecule has 1 aromatic rings. The molecule has 2 aliphatic carbocycles. The van der Waals surface area contributed by atoms with Crippen LogP contribution >= 0.6 is 0 Å². The largest absolute Gasteiger partial charge is 0.205 e. The molecule has 0 saturated heterocycles. The Labute approximate surface area is 141 Å². The van der Waals surface area contributed by atoms with Crippen LogP contribution < -0.4 is 0 Å². The number of allylic oxidation sites excluding steroid dienone is 2. The van der Waals surface area contributed by atoms with Crippen LogP contribution in [0.5, 0.6) is 0 Å². The summed E-state index contributed by atoms with van der Waals surface area (Å²) in [6.45, 7) is 1.98. The number of halogens is 2. The molecule has 3 heteroatoms. The molecule has 0 radical (unpaired) electrons. The summed E-state index contributed by atoms with van der Waals surface area (Å²) >= 11 is 0. The number of hydrogen-bond donors (Lipinski definition) is 0. The summed E-state index contributed by atoms with van der Waals surface area (Å²) in [5.74, 6) is -2.53. The Morgan fingerprint density at radius 1 is 1.22 bits per heavy atom. The Hall–Kier alpha value is -1.69. The van der Waals surface area contributed by atoms with E-state index in [1.54, 1.807) is 0 Å². The maximum Gasteiger partial charge on any atom is 0.144 e. The van der Waals surface area contributed by atoms with Crippen LogP contribution in [-0.4, -0.2) is 0 Å². The first-order chi connectivity index (χ1) is 12.3. The molecule has 0 heterocycles. The van der Waals surface area contributed by atoms with Gasteiger partial charge < -0.3 is 0 Å². The van der Waals surface area contributed by atoms with Crippen LogP contribution in [0.2, 0.25) is 0 Å². The molecule has 5 unspecified atom stereocenters. The predicted molar refractivity (Wildman–Crippen MR) is 86.8 cm³/mol. The van der Waals surface area contributed by atoms with Gasteiger partial charge in [-0.05, 0) is 86.7 Å². The molecule has 0 spiro atoms. The van der Waals surface area contributed by atoms with E-state index in [4.69, 9.17) is 9.37 Å². The first-order valence-corrected chi connectivity index (χ1v) is 8.23. The zero-order chi connectivity index (χ0) is 19.1. The molecule has 1 nitrogen and oxygen atoms in total. The molecule has 0 bridgehead atoms. The quantitative estimate of drug-likeness (QED) is 0.640. The number of hydrogen-bond acceptors (Lipinski definition) is 1. The van der Waals surface area contributed by atoms with Crippen LogP contribution in [0.3, 0.4) is 0 Å². The number of fused-ring (bicyclic) bond motifs is 1. The summed E-state index contributed by atoms with van der Waals surface area (Å²) < 4.78 is 54.0. The van der Waals surface area contributed by atoms with Crippen molar-refractivity contribution >= 4 is 0 Å². The molecule has 1 aromatic carbocycles. The van der Waals surface area contributed by atoms with Crippen LogP contribution in [0.25, 0.3) is 0 Å². The van der Waals surface area contributed by atoms with Crippen molar-refractivity contribution in [2.45, 2.75) is 51.3 Å². The van der Waals surface area contributed by atoms with Gasteiger partial charge in [0.1, 0.15) is 23.3 Å². The normalized spacial score (nSPS) is 38.2. The maximum absolute atomic E-state index is 14.1. The lowest BCUT2D eigenvalue weighted by Crippen LogP contribution is -2.30. The average molecular weight is 318 g/mol. The van der Waals surface area contributed by atoms with E-state index in [0.29, 0.717) is 12.3 Å². The minimum absolute atomic E-state index is 0.117. The summed E-state index contributed by atoms with van der Waals surface area (Å²) in [6, 6.07) is 3.57. The molecule has 122 valence electrons. The smallest absolute Gasteiger partial charge is 0.144 e. The minimum atomic E-state index is -1.71. The lowest BCUT2D eigenvalue weighted by molar-refractivity contribution is 0.133. The van der Waals surface area contributed by atoms with Crippen LogP contribution in [0.1, 0.15) is 66.5 Å². The first kappa shape index (κ1) is 12.7. The van der Waals surface area contributed by atoms with E-state index < -0.39 is 35.9 Å². The highest BCUT2D eigenvalue weighted by atomic mass is 19.1. The molecule has 2 saturated carbocycles. The highest BCUT2D eigenvalue weighted by Gasteiger charge is 2.35. The van der Waals surface area contributed by atoms with Crippen molar-refractivity contribution in [1.29, 1.82) is 5.26 Å². The fourth-order valence-corrected chi connectivity index (χ4v) is 3.95. The molecule has 2 fully saturated rings. The fraction of sp³-hybridized carbons (Fsp3) is 0.550. The van der Waals surface area contributed by atoms with Gasteiger partial charge in [0.25, 0.3) is 0 Å². The summed E-state index contributed by atoms with van der Waals surface area (Å²) in [6.07, 6.45) is 4.73. The molecule has 0 aliphatic heterocycles. The van der Waals surface area contributed by atoms with Gasteiger partial charge in [-0.3, -0.25) is 0 Å². The standard InChI is InChI=1S/C20H23F2N/c1-2-3-13-4-5-15-9-16(7-6-14(15)8-13)17-10-19(21)18(12-23)20(22)11-17/h2-3,10-11,13-16H,4-9H2,1H3/i7D,9D2. The van der Waals surface area contributed by atoms with Crippen molar-refractivity contribution in [3.05, 3.63) is 47.0 Å². The van der Waals surface area contributed by atoms with E-state index in [-0.39, 0.29) is 17.4 Å². The number of benzene rings is 1. The average Bonchev–Trinajstić information content (AvgIpc) is 2.54. The van der Waals surface area contributed by atoms with Crippen molar-refractivity contribution in [2.24, 2.45) is 17.8 Å². The van der Waals surface area contributed by atoms with Gasteiger partial charge in [0.05, 0.1) is 0 Å². The van der Waals surface area contributed by atoms with Crippen molar-refractivity contribution in [1.82, 2.24) is 0 Å². The molecule has 0 N–H and O–H groups in total. The van der Waals surface area contributed by atoms with Crippen molar-refractivity contribution in [2.75, 3.05) is 0 Å². The van der Waals surface area contributed by atoms with Crippen molar-refractivity contribution < 1.29 is 12.9 Å². The molecule has 0 amide bonds. The lowest BCUT2D eigenvalue weighted by atomic mass is 9.64. The predicted octanol–water partition coefficient (Wildman–Crippen LogP) is 5.71. The molecular formula is C20H23F2N. The first-order valence-electron chi connectivity index (χ1n) is 9.81. The summed E-state index contributed by atoms with van der Waals surface area (Å²) in [7, 11) is 0. The third-order valence-corrected chi connectivity index (χ3v) is 5.09. The number of rotatable bonds is 2. The lowest BCUT2D eigenvalue weighted by Gasteiger charge is -2.41. The van der Waals surface area contributed by atoms with Gasteiger partial charge in [-0.25, -0.2) is 8.78 Å². The molecular weight excluding hydrogens is 292 g/mol. The van der Waals surface area contributed by atoms with Crippen LogP contribution in [0.15, 0.2) is 24.3 Å². The van der Waals surface area contributed by atoms with Crippen LogP contribution in [-0.2, 0) is 0 Å². The van der Waals surface area contributed by atoms with Gasteiger partial charge in [0.2, 0.25) is 0 Å². The Morgan fingerprint density at radius 2 is 1.96 bits per heavy atom. The molecule has 0 aromatic heterocycles. The number of nitriles is 1. The highest BCUT2D eigenvalue weighted by Crippen LogP contribution is 2.48. The molecule has 23 heavy (non-hydrogen) atoms. The summed E-state index contributed by atoms with van der Waals surface area (Å²) in [5.41, 5.74) is -0.505. The third-order valence-electron chi connectivity index (χ3n) is 5.09. The van der Waals surface area contributed by atoms with Gasteiger partial charge in [-0.15, -0.1) is 0 Å². The van der Waals surface area contributed by atoms with Gasteiger partial charge in [-0.1, -0.05) is 12.2 Å². The highest BCUT2D eigenvalue weighted by molar-refractivity contribution is 5.36.